The molecule has 0 bridgehead atoms. The van der Waals surface area contributed by atoms with Crippen LogP contribution in [0.3, 0.4) is 0 Å². The number of amides is 3. The molecular weight excluding hydrogens is 458 g/mol. The van der Waals surface area contributed by atoms with Crippen molar-refractivity contribution >= 4 is 50.7 Å². The molecule has 1 aliphatic rings. The van der Waals surface area contributed by atoms with E-state index in [1.165, 1.54) is 9.80 Å². The Morgan fingerprint density at radius 1 is 1.03 bits per heavy atom. The largest absolute Gasteiger partial charge is 0.347 e. The maximum absolute atomic E-state index is 13.3. The molecule has 172 valence electrons. The summed E-state index contributed by atoms with van der Waals surface area (Å²) < 4.78 is 1.10. The molecule has 0 saturated carbocycles. The monoisotopic (exact) mass is 483 g/mol. The highest BCUT2D eigenvalue weighted by Crippen LogP contribution is 2.46. The lowest BCUT2D eigenvalue weighted by atomic mass is 9.87. The van der Waals surface area contributed by atoms with Gasteiger partial charge in [0.25, 0.3) is 5.91 Å². The zero-order valence-corrected chi connectivity index (χ0v) is 20.6. The number of rotatable bonds is 4. The first-order chi connectivity index (χ1) is 15.7. The van der Waals surface area contributed by atoms with Gasteiger partial charge in [0, 0.05) is 49.8 Å². The molecule has 3 amide bonds. The molecule has 3 aromatic rings. The molecule has 4 rings (SSSR count). The van der Waals surface area contributed by atoms with E-state index >= 15 is 0 Å². The number of carbonyl (C=O) groups excluding carboxylic acids is 3. The number of hydrogen-bond acceptors (Lipinski definition) is 4. The summed E-state index contributed by atoms with van der Waals surface area (Å²) >= 11 is 7.66. The Morgan fingerprint density at radius 2 is 1.76 bits per heavy atom. The summed E-state index contributed by atoms with van der Waals surface area (Å²) in [5.41, 5.74) is 2.38. The van der Waals surface area contributed by atoms with Crippen molar-refractivity contribution in [2.24, 2.45) is 0 Å². The molecule has 0 saturated heterocycles. The molecular formula is C25H26ClN3O3S. The first-order valence-electron chi connectivity index (χ1n) is 10.6. The molecule has 0 fully saturated rings. The molecule has 0 aliphatic carbocycles. The Balaban J connectivity index is 1.97. The quantitative estimate of drug-likeness (QED) is 0.531. The van der Waals surface area contributed by atoms with Crippen LogP contribution >= 0.6 is 22.9 Å². The molecule has 2 heterocycles. The molecule has 0 unspecified atom stereocenters. The van der Waals surface area contributed by atoms with Crippen LogP contribution in [0.5, 0.6) is 0 Å². The van der Waals surface area contributed by atoms with Gasteiger partial charge in [0.2, 0.25) is 11.8 Å². The van der Waals surface area contributed by atoms with E-state index in [1.54, 1.807) is 50.5 Å². The van der Waals surface area contributed by atoms with Gasteiger partial charge in [0.05, 0.1) is 6.04 Å². The molecule has 8 heteroatoms. The predicted molar refractivity (Wildman–Crippen MR) is 132 cm³/mol. The molecule has 0 radical (unpaired) electrons. The van der Waals surface area contributed by atoms with Gasteiger partial charge in [0.1, 0.15) is 11.9 Å². The molecule has 1 aromatic heterocycles. The van der Waals surface area contributed by atoms with Gasteiger partial charge in [-0.25, -0.2) is 0 Å². The highest BCUT2D eigenvalue weighted by atomic mass is 35.5. The maximum Gasteiger partial charge on any atom is 0.253 e. The van der Waals surface area contributed by atoms with Crippen LogP contribution in [0.25, 0.3) is 10.1 Å². The van der Waals surface area contributed by atoms with Crippen molar-refractivity contribution in [1.82, 2.24) is 14.7 Å². The lowest BCUT2D eigenvalue weighted by Gasteiger charge is -2.42. The Bertz CT molecular complexity index is 1240. The van der Waals surface area contributed by atoms with Gasteiger partial charge in [-0.3, -0.25) is 14.4 Å². The van der Waals surface area contributed by atoms with Crippen LogP contribution < -0.4 is 0 Å². The van der Waals surface area contributed by atoms with E-state index in [1.807, 2.05) is 30.3 Å². The van der Waals surface area contributed by atoms with Crippen molar-refractivity contribution in [2.45, 2.75) is 18.5 Å². The van der Waals surface area contributed by atoms with E-state index in [9.17, 15) is 14.4 Å². The van der Waals surface area contributed by atoms with Crippen molar-refractivity contribution in [3.05, 3.63) is 70.1 Å². The average Bonchev–Trinajstić information content (AvgIpc) is 3.19. The van der Waals surface area contributed by atoms with Crippen LogP contribution in [-0.2, 0) is 16.0 Å². The van der Waals surface area contributed by atoms with Crippen molar-refractivity contribution in [1.29, 1.82) is 0 Å². The third-order valence-electron chi connectivity index (χ3n) is 5.97. The highest BCUT2D eigenvalue weighted by molar-refractivity contribution is 7.19. The van der Waals surface area contributed by atoms with Crippen molar-refractivity contribution < 1.29 is 14.4 Å². The summed E-state index contributed by atoms with van der Waals surface area (Å²) in [5, 5.41) is 1.09. The van der Waals surface area contributed by atoms with Crippen molar-refractivity contribution in [3.63, 3.8) is 0 Å². The Kier molecular flexibility index (Phi) is 6.45. The van der Waals surface area contributed by atoms with E-state index in [2.05, 4.69) is 12.1 Å². The minimum absolute atomic E-state index is 0.125. The summed E-state index contributed by atoms with van der Waals surface area (Å²) in [6.45, 7) is 0. The van der Waals surface area contributed by atoms with Crippen molar-refractivity contribution in [2.75, 3.05) is 34.1 Å². The fraction of sp³-hybridized carbons (Fsp3) is 0.320. The zero-order chi connectivity index (χ0) is 23.9. The zero-order valence-electron chi connectivity index (χ0n) is 19.0. The second-order valence-corrected chi connectivity index (χ2v) is 9.91. The summed E-state index contributed by atoms with van der Waals surface area (Å²) in [4.78, 5) is 44.8. The third kappa shape index (κ3) is 4.11. The smallest absolute Gasteiger partial charge is 0.253 e. The van der Waals surface area contributed by atoms with Gasteiger partial charge in [-0.05, 0) is 34.7 Å². The molecule has 0 spiro atoms. The fourth-order valence-corrected chi connectivity index (χ4v) is 5.95. The lowest BCUT2D eigenvalue weighted by molar-refractivity contribution is -0.145. The van der Waals surface area contributed by atoms with Gasteiger partial charge >= 0.3 is 0 Å². The number of nitrogens with zero attached hydrogens (tertiary/aromatic N) is 3. The number of thiophene rings is 1. The normalized spacial score (nSPS) is 17.5. The summed E-state index contributed by atoms with van der Waals surface area (Å²) in [7, 11) is 6.79. The second-order valence-electron chi connectivity index (χ2n) is 8.56. The van der Waals surface area contributed by atoms with Crippen LogP contribution in [0.15, 0.2) is 48.5 Å². The predicted octanol–water partition coefficient (Wildman–Crippen LogP) is 3.77. The summed E-state index contributed by atoms with van der Waals surface area (Å²) in [6, 6.07) is 14.2. The first-order valence-corrected chi connectivity index (χ1v) is 12.0. The highest BCUT2D eigenvalue weighted by Gasteiger charge is 2.43. The average molecular weight is 484 g/mol. The molecule has 0 N–H and O–H groups in total. The SMILES string of the molecule is CN(C)C(=O)c1cccc([C@H]2c3sc4ccccc4c3C[C@H](C(=O)N(C)C)N2C(=O)CCl)c1. The first kappa shape index (κ1) is 23.3. The van der Waals surface area contributed by atoms with E-state index in [0.717, 1.165) is 26.1 Å². The lowest BCUT2D eigenvalue weighted by Crippen LogP contribution is -2.54. The van der Waals surface area contributed by atoms with E-state index in [4.69, 9.17) is 11.6 Å². The van der Waals surface area contributed by atoms with Crippen molar-refractivity contribution in [3.8, 4) is 0 Å². The second kappa shape index (κ2) is 9.15. The third-order valence-corrected chi connectivity index (χ3v) is 7.47. The standard InChI is InChI=1S/C25H26ClN3O3S/c1-27(2)24(31)16-9-7-8-15(12-16)22-23-18(17-10-5-6-11-20(17)33-23)13-19(25(32)28(3)4)29(22)21(30)14-26/h5-12,19,22H,13-14H2,1-4H3/t19-,22+/m1/s1. The Morgan fingerprint density at radius 3 is 2.42 bits per heavy atom. The minimum Gasteiger partial charge on any atom is -0.347 e. The van der Waals surface area contributed by atoms with Gasteiger partial charge in [-0.2, -0.15) is 0 Å². The topological polar surface area (TPSA) is 60.9 Å². The Labute approximate surface area is 202 Å². The summed E-state index contributed by atoms with van der Waals surface area (Å²) in [6.07, 6.45) is 0.422. The number of carbonyl (C=O) groups is 3. The van der Waals surface area contributed by atoms with Crippen LogP contribution in [-0.4, -0.2) is 72.5 Å². The molecule has 33 heavy (non-hydrogen) atoms. The fourth-order valence-electron chi connectivity index (χ4n) is 4.45. The number of fused-ring (bicyclic) bond motifs is 3. The van der Waals surface area contributed by atoms with Crippen LogP contribution in [0, 0.1) is 0 Å². The molecule has 2 atom stereocenters. The van der Waals surface area contributed by atoms with Gasteiger partial charge in [-0.15, -0.1) is 22.9 Å². The number of halogens is 1. The minimum atomic E-state index is -0.685. The number of benzene rings is 2. The van der Waals surface area contributed by atoms with Gasteiger partial charge in [-0.1, -0.05) is 30.3 Å². The molecule has 1 aliphatic heterocycles. The van der Waals surface area contributed by atoms with E-state index in [0.29, 0.717) is 12.0 Å². The number of alkyl halides is 1. The Hall–Kier alpha value is -2.90. The van der Waals surface area contributed by atoms with Crippen LogP contribution in [0.1, 0.15) is 32.4 Å². The number of likely N-dealkylation sites (N-methyl/N-ethyl adjacent to an activating group) is 1. The van der Waals surface area contributed by atoms with E-state index in [-0.39, 0.29) is 23.6 Å². The summed E-state index contributed by atoms with van der Waals surface area (Å²) in [5.74, 6) is -0.820. The van der Waals surface area contributed by atoms with Crippen LogP contribution in [0.2, 0.25) is 0 Å². The molecule has 6 nitrogen and oxygen atoms in total. The maximum atomic E-state index is 13.3. The van der Waals surface area contributed by atoms with E-state index < -0.39 is 12.1 Å². The van der Waals surface area contributed by atoms with Gasteiger partial charge in [0.15, 0.2) is 0 Å². The number of hydrogen-bond donors (Lipinski definition) is 0. The van der Waals surface area contributed by atoms with Crippen LogP contribution in [0.4, 0.5) is 0 Å². The molecule has 2 aromatic carbocycles. The van der Waals surface area contributed by atoms with Gasteiger partial charge < -0.3 is 14.7 Å².